The molecule has 2 N–H and O–H groups in total. The van der Waals surface area contributed by atoms with Crippen LogP contribution in [0.1, 0.15) is 17.2 Å². The van der Waals surface area contributed by atoms with E-state index in [1.807, 2.05) is 48.7 Å². The average molecular weight is 342 g/mol. The van der Waals surface area contributed by atoms with Crippen molar-refractivity contribution in [3.05, 3.63) is 71.9 Å². The molecule has 5 heteroatoms. The van der Waals surface area contributed by atoms with Gasteiger partial charge in [-0.25, -0.2) is 8.42 Å². The highest BCUT2D eigenvalue weighted by Crippen LogP contribution is 2.19. The van der Waals surface area contributed by atoms with Crippen LogP contribution in [0.5, 0.6) is 0 Å². The minimum Gasteiger partial charge on any atom is -0.361 e. The Labute approximate surface area is 142 Å². The molecule has 0 saturated heterocycles. The van der Waals surface area contributed by atoms with Crippen LogP contribution < -0.4 is 5.32 Å². The Bertz CT molecular complexity index is 901. The van der Waals surface area contributed by atoms with Crippen LogP contribution in [-0.4, -0.2) is 32.0 Å². The predicted molar refractivity (Wildman–Crippen MR) is 98.9 cm³/mol. The molecule has 3 rings (SSSR count). The van der Waals surface area contributed by atoms with Crippen molar-refractivity contribution in [1.82, 2.24) is 10.3 Å². The summed E-state index contributed by atoms with van der Waals surface area (Å²) in [4.78, 5) is 3.27. The van der Waals surface area contributed by atoms with Gasteiger partial charge in [0, 0.05) is 29.4 Å². The lowest BCUT2D eigenvalue weighted by Crippen LogP contribution is -2.29. The molecule has 1 aromatic heterocycles. The minimum absolute atomic E-state index is 0.102. The molecule has 0 amide bonds. The first-order chi connectivity index (χ1) is 11.5. The van der Waals surface area contributed by atoms with E-state index >= 15 is 0 Å². The van der Waals surface area contributed by atoms with Gasteiger partial charge >= 0.3 is 0 Å². The largest absolute Gasteiger partial charge is 0.361 e. The van der Waals surface area contributed by atoms with Crippen molar-refractivity contribution in [3.8, 4) is 0 Å². The lowest BCUT2D eigenvalue weighted by atomic mass is 10.1. The van der Waals surface area contributed by atoms with Gasteiger partial charge in [0.25, 0.3) is 0 Å². The van der Waals surface area contributed by atoms with Gasteiger partial charge in [0.05, 0.1) is 5.75 Å². The molecule has 24 heavy (non-hydrogen) atoms. The zero-order valence-electron chi connectivity index (χ0n) is 13.7. The first-order valence-electron chi connectivity index (χ1n) is 8.04. The normalized spacial score (nSPS) is 13.2. The molecule has 0 bridgehead atoms. The number of benzene rings is 2. The summed E-state index contributed by atoms with van der Waals surface area (Å²) >= 11 is 0. The van der Waals surface area contributed by atoms with E-state index < -0.39 is 9.84 Å². The van der Waals surface area contributed by atoms with Crippen molar-refractivity contribution in [2.75, 3.05) is 18.6 Å². The summed E-state index contributed by atoms with van der Waals surface area (Å²) < 4.78 is 23.5. The van der Waals surface area contributed by atoms with Crippen LogP contribution in [0.2, 0.25) is 0 Å². The second kappa shape index (κ2) is 7.20. The van der Waals surface area contributed by atoms with Crippen molar-refractivity contribution >= 4 is 20.7 Å². The zero-order valence-corrected chi connectivity index (χ0v) is 14.5. The van der Waals surface area contributed by atoms with Crippen LogP contribution in [0, 0.1) is 0 Å². The lowest BCUT2D eigenvalue weighted by molar-refractivity contribution is 0.553. The summed E-state index contributed by atoms with van der Waals surface area (Å²) in [5, 5.41) is 4.62. The molecule has 3 aromatic rings. The molecule has 126 valence electrons. The maximum atomic E-state index is 11.7. The molecule has 0 unspecified atom stereocenters. The van der Waals surface area contributed by atoms with E-state index in [2.05, 4.69) is 22.4 Å². The summed E-state index contributed by atoms with van der Waals surface area (Å²) in [6.07, 6.45) is 4.15. The van der Waals surface area contributed by atoms with Crippen molar-refractivity contribution in [2.45, 2.75) is 12.5 Å². The number of hydrogen-bond donors (Lipinski definition) is 2. The number of sulfone groups is 1. The van der Waals surface area contributed by atoms with Crippen LogP contribution in [0.25, 0.3) is 10.9 Å². The van der Waals surface area contributed by atoms with Gasteiger partial charge in [-0.05, 0) is 30.2 Å². The van der Waals surface area contributed by atoms with Crippen LogP contribution in [-0.2, 0) is 16.3 Å². The number of aromatic nitrogens is 1. The molecule has 1 atom stereocenters. The third-order valence-corrected chi connectivity index (χ3v) is 5.07. The highest BCUT2D eigenvalue weighted by molar-refractivity contribution is 7.90. The molecule has 0 aliphatic carbocycles. The smallest absolute Gasteiger partial charge is 0.149 e. The number of nitrogens with one attached hydrogen (secondary N) is 2. The average Bonchev–Trinajstić information content (AvgIpc) is 2.97. The highest BCUT2D eigenvalue weighted by atomic mass is 32.2. The van der Waals surface area contributed by atoms with Crippen LogP contribution >= 0.6 is 0 Å². The summed E-state index contributed by atoms with van der Waals surface area (Å²) in [5.41, 5.74) is 3.37. The highest BCUT2D eigenvalue weighted by Gasteiger charge is 2.16. The number of hydrogen-bond acceptors (Lipinski definition) is 3. The molecule has 4 nitrogen and oxygen atoms in total. The quantitative estimate of drug-likeness (QED) is 0.693. The number of fused-ring (bicyclic) bond motifs is 1. The van der Waals surface area contributed by atoms with E-state index in [0.29, 0.717) is 0 Å². The van der Waals surface area contributed by atoms with Crippen molar-refractivity contribution in [2.24, 2.45) is 0 Å². The second-order valence-corrected chi connectivity index (χ2v) is 8.30. The first-order valence-corrected chi connectivity index (χ1v) is 10.1. The van der Waals surface area contributed by atoms with Gasteiger partial charge in [0.2, 0.25) is 0 Å². The van der Waals surface area contributed by atoms with E-state index in [1.165, 1.54) is 17.2 Å². The summed E-state index contributed by atoms with van der Waals surface area (Å²) in [6.45, 7) is 0.719. The Morgan fingerprint density at radius 1 is 1.04 bits per heavy atom. The third-order valence-electron chi connectivity index (χ3n) is 4.13. The van der Waals surface area contributed by atoms with Gasteiger partial charge in [-0.3, -0.25) is 0 Å². The fourth-order valence-electron chi connectivity index (χ4n) is 2.98. The molecule has 0 saturated carbocycles. The van der Waals surface area contributed by atoms with Crippen molar-refractivity contribution in [1.29, 1.82) is 0 Å². The molecular weight excluding hydrogens is 320 g/mol. The molecule has 0 radical (unpaired) electrons. The number of aromatic amines is 1. The van der Waals surface area contributed by atoms with E-state index in [1.54, 1.807) is 0 Å². The van der Waals surface area contributed by atoms with Gasteiger partial charge in [0.15, 0.2) is 0 Å². The van der Waals surface area contributed by atoms with Crippen LogP contribution in [0.15, 0.2) is 60.8 Å². The maximum absolute atomic E-state index is 11.7. The molecular formula is C19H22N2O2S. The SMILES string of the molecule is CS(=O)(=O)C[C@H](NCCc1c[nH]c2ccccc12)c1ccccc1. The van der Waals surface area contributed by atoms with Crippen molar-refractivity contribution < 1.29 is 8.42 Å². The fraction of sp³-hybridized carbons (Fsp3) is 0.263. The van der Waals surface area contributed by atoms with E-state index in [9.17, 15) is 8.42 Å². The van der Waals surface area contributed by atoms with E-state index in [0.717, 1.165) is 24.0 Å². The number of H-pyrrole nitrogens is 1. The molecule has 0 fully saturated rings. The molecule has 0 spiro atoms. The van der Waals surface area contributed by atoms with Crippen LogP contribution in [0.4, 0.5) is 0 Å². The Balaban J connectivity index is 1.69. The summed E-state index contributed by atoms with van der Waals surface area (Å²) in [7, 11) is -3.06. The topological polar surface area (TPSA) is 62.0 Å². The second-order valence-electron chi connectivity index (χ2n) is 6.12. The van der Waals surface area contributed by atoms with E-state index in [-0.39, 0.29) is 11.8 Å². The maximum Gasteiger partial charge on any atom is 0.149 e. The molecule has 0 aliphatic rings. The molecule has 1 heterocycles. The third kappa shape index (κ3) is 4.24. The minimum atomic E-state index is -3.06. The Morgan fingerprint density at radius 3 is 2.50 bits per heavy atom. The van der Waals surface area contributed by atoms with Crippen LogP contribution in [0.3, 0.4) is 0 Å². The number of rotatable bonds is 7. The van der Waals surface area contributed by atoms with Gasteiger partial charge in [-0.1, -0.05) is 48.5 Å². The van der Waals surface area contributed by atoms with Gasteiger partial charge < -0.3 is 10.3 Å². The first kappa shape index (κ1) is 16.7. The molecule has 2 aromatic carbocycles. The summed E-state index contributed by atoms with van der Waals surface area (Å²) in [6, 6.07) is 17.8. The monoisotopic (exact) mass is 342 g/mol. The predicted octanol–water partition coefficient (Wildman–Crippen LogP) is 3.09. The zero-order chi connectivity index (χ0) is 17.0. The number of para-hydroxylation sites is 1. The fourth-order valence-corrected chi connectivity index (χ4v) is 3.90. The Hall–Kier alpha value is -2.11. The van der Waals surface area contributed by atoms with Gasteiger partial charge in [-0.2, -0.15) is 0 Å². The Morgan fingerprint density at radius 2 is 1.75 bits per heavy atom. The lowest BCUT2D eigenvalue weighted by Gasteiger charge is -2.18. The molecule has 0 aliphatic heterocycles. The van der Waals surface area contributed by atoms with Gasteiger partial charge in [-0.15, -0.1) is 0 Å². The Kier molecular flexibility index (Phi) is 5.02. The van der Waals surface area contributed by atoms with Gasteiger partial charge in [0.1, 0.15) is 9.84 Å². The summed E-state index contributed by atoms with van der Waals surface area (Å²) in [5.74, 6) is 0.102. The van der Waals surface area contributed by atoms with E-state index in [4.69, 9.17) is 0 Å². The standard InChI is InChI=1S/C19H22N2O2S/c1-24(22,23)14-19(15-7-3-2-4-8-15)20-12-11-16-13-21-18-10-6-5-9-17(16)18/h2-10,13,19-21H,11-12,14H2,1H3/t19-/m0/s1. The van der Waals surface area contributed by atoms with Crippen molar-refractivity contribution in [3.63, 3.8) is 0 Å².